The maximum absolute atomic E-state index is 13.2. The molecule has 2 heterocycles. The molecular formula is C14H12BrFN4. The van der Waals surface area contributed by atoms with E-state index in [1.165, 1.54) is 12.1 Å². The first kappa shape index (κ1) is 13.1. The van der Waals surface area contributed by atoms with Crippen LogP contribution in [0.4, 0.5) is 10.3 Å². The second-order valence-corrected chi connectivity index (χ2v) is 5.39. The van der Waals surface area contributed by atoms with Crippen LogP contribution in [0.2, 0.25) is 0 Å². The summed E-state index contributed by atoms with van der Waals surface area (Å²) >= 11 is 3.40. The number of nitrogens with zero attached hydrogens (tertiary/aromatic N) is 3. The molecule has 20 heavy (non-hydrogen) atoms. The molecule has 0 fully saturated rings. The summed E-state index contributed by atoms with van der Waals surface area (Å²) in [6.45, 7) is 2.46. The molecule has 1 aromatic carbocycles. The van der Waals surface area contributed by atoms with Gasteiger partial charge in [-0.1, -0.05) is 15.9 Å². The highest BCUT2D eigenvalue weighted by molar-refractivity contribution is 9.10. The zero-order valence-electron chi connectivity index (χ0n) is 10.8. The third-order valence-corrected chi connectivity index (χ3v) is 3.71. The molecule has 6 heteroatoms. The molecule has 2 aromatic heterocycles. The van der Waals surface area contributed by atoms with E-state index in [2.05, 4.69) is 31.3 Å². The number of aromatic nitrogens is 3. The van der Waals surface area contributed by atoms with Gasteiger partial charge in [-0.3, -0.25) is 0 Å². The number of rotatable bonds is 3. The van der Waals surface area contributed by atoms with Crippen molar-refractivity contribution in [2.75, 3.05) is 5.32 Å². The summed E-state index contributed by atoms with van der Waals surface area (Å²) in [5, 5.41) is 7.40. The number of anilines is 1. The molecule has 3 aromatic rings. The molecule has 0 spiro atoms. The Morgan fingerprint density at radius 3 is 3.00 bits per heavy atom. The summed E-state index contributed by atoms with van der Waals surface area (Å²) < 4.78 is 15.8. The summed E-state index contributed by atoms with van der Waals surface area (Å²) in [7, 11) is 0. The van der Waals surface area contributed by atoms with Crippen molar-refractivity contribution < 1.29 is 4.39 Å². The lowest BCUT2D eigenvalue weighted by atomic mass is 10.2. The molecule has 0 saturated carbocycles. The number of halogens is 2. The molecule has 0 aliphatic carbocycles. The fourth-order valence-electron chi connectivity index (χ4n) is 1.91. The molecule has 0 atom stereocenters. The van der Waals surface area contributed by atoms with Crippen molar-refractivity contribution in [3.63, 3.8) is 0 Å². The normalized spacial score (nSPS) is 10.9. The van der Waals surface area contributed by atoms with Crippen LogP contribution >= 0.6 is 15.9 Å². The lowest BCUT2D eigenvalue weighted by Crippen LogP contribution is -2.02. The van der Waals surface area contributed by atoms with E-state index in [9.17, 15) is 4.39 Å². The molecule has 0 unspecified atom stereocenters. The highest BCUT2D eigenvalue weighted by Crippen LogP contribution is 2.19. The predicted molar refractivity (Wildman–Crippen MR) is 79.2 cm³/mol. The molecule has 102 valence electrons. The van der Waals surface area contributed by atoms with Crippen LogP contribution in [0.25, 0.3) is 5.65 Å². The minimum absolute atomic E-state index is 0.261. The van der Waals surface area contributed by atoms with Crippen LogP contribution < -0.4 is 5.32 Å². The van der Waals surface area contributed by atoms with Gasteiger partial charge in [0.15, 0.2) is 5.65 Å². The number of fused-ring (bicyclic) bond motifs is 1. The summed E-state index contributed by atoms with van der Waals surface area (Å²) in [6, 6.07) is 8.51. The van der Waals surface area contributed by atoms with Crippen molar-refractivity contribution in [1.29, 1.82) is 0 Å². The van der Waals surface area contributed by atoms with Gasteiger partial charge in [-0.05, 0) is 48.4 Å². The Hall–Kier alpha value is -1.95. The molecule has 0 aliphatic heterocycles. The first-order chi connectivity index (χ1) is 9.61. The van der Waals surface area contributed by atoms with E-state index in [4.69, 9.17) is 0 Å². The van der Waals surface area contributed by atoms with E-state index in [0.717, 1.165) is 21.2 Å². The second kappa shape index (κ2) is 5.20. The van der Waals surface area contributed by atoms with Crippen LogP contribution in [0, 0.1) is 12.7 Å². The third-order valence-electron chi connectivity index (χ3n) is 2.94. The Kier molecular flexibility index (Phi) is 3.40. The lowest BCUT2D eigenvalue weighted by molar-refractivity contribution is 0.625. The van der Waals surface area contributed by atoms with E-state index < -0.39 is 0 Å². The van der Waals surface area contributed by atoms with Gasteiger partial charge in [-0.25, -0.2) is 8.91 Å². The predicted octanol–water partition coefficient (Wildman–Crippen LogP) is 3.55. The Morgan fingerprint density at radius 2 is 2.15 bits per heavy atom. The lowest BCUT2D eigenvalue weighted by Gasteiger charge is -2.04. The molecule has 0 aliphatic rings. The van der Waals surface area contributed by atoms with Gasteiger partial charge < -0.3 is 5.32 Å². The van der Waals surface area contributed by atoms with Gasteiger partial charge in [0.25, 0.3) is 0 Å². The highest BCUT2D eigenvalue weighted by atomic mass is 79.9. The van der Waals surface area contributed by atoms with Gasteiger partial charge in [0.2, 0.25) is 5.95 Å². The summed E-state index contributed by atoms with van der Waals surface area (Å²) in [5.74, 6) is 0.260. The monoisotopic (exact) mass is 334 g/mol. The smallest absolute Gasteiger partial charge is 0.243 e. The van der Waals surface area contributed by atoms with Crippen molar-refractivity contribution in [2.24, 2.45) is 0 Å². The summed E-state index contributed by atoms with van der Waals surface area (Å²) in [5.41, 5.74) is 2.73. The number of benzene rings is 1. The van der Waals surface area contributed by atoms with Gasteiger partial charge >= 0.3 is 0 Å². The quantitative estimate of drug-likeness (QED) is 0.796. The van der Waals surface area contributed by atoms with Crippen LogP contribution in [0.3, 0.4) is 0 Å². The highest BCUT2D eigenvalue weighted by Gasteiger charge is 2.05. The Bertz CT molecular complexity index is 769. The number of hydrogen-bond donors (Lipinski definition) is 1. The largest absolute Gasteiger partial charge is 0.349 e. The first-order valence-electron chi connectivity index (χ1n) is 6.13. The van der Waals surface area contributed by atoms with Crippen molar-refractivity contribution in [1.82, 2.24) is 14.6 Å². The van der Waals surface area contributed by atoms with Gasteiger partial charge in [0, 0.05) is 17.2 Å². The van der Waals surface area contributed by atoms with Crippen LogP contribution in [0.5, 0.6) is 0 Å². The minimum atomic E-state index is -0.261. The van der Waals surface area contributed by atoms with E-state index in [-0.39, 0.29) is 5.82 Å². The molecule has 0 radical (unpaired) electrons. The van der Waals surface area contributed by atoms with E-state index >= 15 is 0 Å². The minimum Gasteiger partial charge on any atom is -0.349 e. The maximum atomic E-state index is 13.2. The summed E-state index contributed by atoms with van der Waals surface area (Å²) in [4.78, 5) is 4.37. The number of nitrogens with one attached hydrogen (secondary N) is 1. The number of aryl methyl sites for hydroxylation is 1. The zero-order valence-corrected chi connectivity index (χ0v) is 12.4. The van der Waals surface area contributed by atoms with Crippen molar-refractivity contribution in [2.45, 2.75) is 13.5 Å². The SMILES string of the molecule is Cc1ccn2nc(NCc3cc(F)ccc3Br)nc2c1. The van der Waals surface area contributed by atoms with Gasteiger partial charge in [0.05, 0.1) is 0 Å². The Labute approximate surface area is 123 Å². The molecular weight excluding hydrogens is 323 g/mol. The van der Waals surface area contributed by atoms with Crippen LogP contribution in [-0.2, 0) is 6.54 Å². The van der Waals surface area contributed by atoms with Crippen LogP contribution in [-0.4, -0.2) is 14.6 Å². The average Bonchev–Trinajstić information content (AvgIpc) is 2.81. The molecule has 0 bridgehead atoms. The Morgan fingerprint density at radius 1 is 1.30 bits per heavy atom. The molecule has 4 nitrogen and oxygen atoms in total. The third kappa shape index (κ3) is 2.65. The van der Waals surface area contributed by atoms with Crippen molar-refractivity contribution >= 4 is 27.5 Å². The fraction of sp³-hybridized carbons (Fsp3) is 0.143. The molecule has 1 N–H and O–H groups in total. The van der Waals surface area contributed by atoms with Crippen molar-refractivity contribution in [3.05, 3.63) is 57.9 Å². The average molecular weight is 335 g/mol. The zero-order chi connectivity index (χ0) is 14.1. The molecule has 0 saturated heterocycles. The maximum Gasteiger partial charge on any atom is 0.243 e. The van der Waals surface area contributed by atoms with Gasteiger partial charge in [-0.15, -0.1) is 5.10 Å². The van der Waals surface area contributed by atoms with Gasteiger partial charge in [-0.2, -0.15) is 4.98 Å². The topological polar surface area (TPSA) is 42.2 Å². The van der Waals surface area contributed by atoms with Crippen LogP contribution in [0.15, 0.2) is 41.0 Å². The Balaban J connectivity index is 1.81. The first-order valence-corrected chi connectivity index (χ1v) is 6.92. The van der Waals surface area contributed by atoms with Crippen molar-refractivity contribution in [3.8, 4) is 0 Å². The van der Waals surface area contributed by atoms with E-state index in [1.807, 2.05) is 25.3 Å². The summed E-state index contributed by atoms with van der Waals surface area (Å²) in [6.07, 6.45) is 1.86. The van der Waals surface area contributed by atoms with E-state index in [0.29, 0.717) is 12.5 Å². The second-order valence-electron chi connectivity index (χ2n) is 4.53. The number of pyridine rings is 1. The standard InChI is InChI=1S/C14H12BrFN4/c1-9-4-5-20-13(6-9)18-14(19-20)17-8-10-7-11(16)2-3-12(10)15/h2-7H,8H2,1H3,(H,17,19). The van der Waals surface area contributed by atoms with Gasteiger partial charge in [0.1, 0.15) is 5.82 Å². The fourth-order valence-corrected chi connectivity index (χ4v) is 2.30. The molecule has 0 amide bonds. The molecule has 3 rings (SSSR count). The van der Waals surface area contributed by atoms with E-state index in [1.54, 1.807) is 10.6 Å². The number of hydrogen-bond acceptors (Lipinski definition) is 3. The van der Waals surface area contributed by atoms with Crippen LogP contribution in [0.1, 0.15) is 11.1 Å².